The molecule has 0 heterocycles. The maximum atomic E-state index is 5.53. The fourth-order valence-corrected chi connectivity index (χ4v) is 2.03. The molecule has 1 saturated carbocycles. The fourth-order valence-electron chi connectivity index (χ4n) is 1.77. The zero-order chi connectivity index (χ0) is 10.0. The van der Waals surface area contributed by atoms with Gasteiger partial charge in [0, 0.05) is 16.5 Å². The van der Waals surface area contributed by atoms with Gasteiger partial charge in [0.1, 0.15) is 0 Å². The molecule has 2 rings (SSSR count). The normalized spacial score (nSPS) is 18.1. The Kier molecular flexibility index (Phi) is 2.93. The minimum Gasteiger partial charge on any atom is -0.381 e. The summed E-state index contributed by atoms with van der Waals surface area (Å²) in [6.45, 7) is 3.75. The van der Waals surface area contributed by atoms with Crippen LogP contribution < -0.4 is 0 Å². The summed E-state index contributed by atoms with van der Waals surface area (Å²) in [5, 5.41) is 0. The summed E-state index contributed by atoms with van der Waals surface area (Å²) in [7, 11) is 0. The van der Waals surface area contributed by atoms with E-state index in [-0.39, 0.29) is 0 Å². The third kappa shape index (κ3) is 2.01. The highest BCUT2D eigenvalue weighted by Gasteiger charge is 2.44. The van der Waals surface area contributed by atoms with Gasteiger partial charge in [-0.3, -0.25) is 0 Å². The van der Waals surface area contributed by atoms with Crippen LogP contribution in [0.15, 0.2) is 28.7 Å². The summed E-state index contributed by atoms with van der Waals surface area (Å²) < 4.78 is 6.68. The molecule has 0 unspecified atom stereocenters. The molecule has 76 valence electrons. The molecule has 14 heavy (non-hydrogen) atoms. The Labute approximate surface area is 93.6 Å². The van der Waals surface area contributed by atoms with Crippen molar-refractivity contribution in [1.82, 2.24) is 0 Å². The number of halogens is 1. The summed E-state index contributed by atoms with van der Waals surface area (Å²) in [6.07, 6.45) is 2.54. The summed E-state index contributed by atoms with van der Waals surface area (Å²) in [6, 6.07) is 8.63. The van der Waals surface area contributed by atoms with Crippen molar-refractivity contribution < 1.29 is 4.74 Å². The summed E-state index contributed by atoms with van der Waals surface area (Å²) in [4.78, 5) is 0. The molecule has 2 heteroatoms. The lowest BCUT2D eigenvalue weighted by molar-refractivity contribution is 0.125. The van der Waals surface area contributed by atoms with Crippen LogP contribution >= 0.6 is 15.9 Å². The van der Waals surface area contributed by atoms with Crippen LogP contribution in [-0.2, 0) is 10.2 Å². The standard InChI is InChI=1S/C12H15BrO/c1-2-14-9-12(7-8-12)10-3-5-11(13)6-4-10/h3-6H,2,7-9H2,1H3. The van der Waals surface area contributed by atoms with Crippen molar-refractivity contribution in [2.45, 2.75) is 25.2 Å². The molecule has 0 radical (unpaired) electrons. The minimum absolute atomic E-state index is 0.344. The molecule has 0 aliphatic heterocycles. The highest BCUT2D eigenvalue weighted by Crippen LogP contribution is 2.48. The van der Waals surface area contributed by atoms with Gasteiger partial charge in [0.2, 0.25) is 0 Å². The lowest BCUT2D eigenvalue weighted by Gasteiger charge is -2.15. The van der Waals surface area contributed by atoms with Gasteiger partial charge in [-0.05, 0) is 37.5 Å². The number of ether oxygens (including phenoxy) is 1. The van der Waals surface area contributed by atoms with Crippen LogP contribution in [0.25, 0.3) is 0 Å². The van der Waals surface area contributed by atoms with E-state index in [0.717, 1.165) is 17.7 Å². The van der Waals surface area contributed by atoms with Crippen LogP contribution in [0.1, 0.15) is 25.3 Å². The number of rotatable bonds is 4. The average Bonchev–Trinajstić information content (AvgIpc) is 2.97. The quantitative estimate of drug-likeness (QED) is 0.799. The first-order chi connectivity index (χ1) is 6.77. The van der Waals surface area contributed by atoms with Crippen molar-refractivity contribution >= 4 is 15.9 Å². The highest BCUT2D eigenvalue weighted by molar-refractivity contribution is 9.10. The third-order valence-corrected chi connectivity index (χ3v) is 3.42. The van der Waals surface area contributed by atoms with Gasteiger partial charge in [-0.25, -0.2) is 0 Å². The van der Waals surface area contributed by atoms with E-state index in [1.54, 1.807) is 0 Å². The van der Waals surface area contributed by atoms with Crippen molar-refractivity contribution in [3.8, 4) is 0 Å². The molecule has 1 aromatic carbocycles. The molecule has 0 spiro atoms. The molecule has 0 atom stereocenters. The van der Waals surface area contributed by atoms with Crippen LogP contribution in [0.5, 0.6) is 0 Å². The molecular weight excluding hydrogens is 240 g/mol. The molecule has 1 aliphatic carbocycles. The summed E-state index contributed by atoms with van der Waals surface area (Å²) in [5.41, 5.74) is 1.77. The van der Waals surface area contributed by atoms with Crippen LogP contribution in [-0.4, -0.2) is 13.2 Å². The van der Waals surface area contributed by atoms with Crippen molar-refractivity contribution in [2.75, 3.05) is 13.2 Å². The van der Waals surface area contributed by atoms with Gasteiger partial charge in [0.25, 0.3) is 0 Å². The summed E-state index contributed by atoms with van der Waals surface area (Å²) >= 11 is 3.45. The topological polar surface area (TPSA) is 9.23 Å². The fraction of sp³-hybridized carbons (Fsp3) is 0.500. The first-order valence-electron chi connectivity index (χ1n) is 5.11. The Hall–Kier alpha value is -0.340. The highest BCUT2D eigenvalue weighted by atomic mass is 79.9. The Bertz CT molecular complexity index is 301. The van der Waals surface area contributed by atoms with E-state index >= 15 is 0 Å². The van der Waals surface area contributed by atoms with Crippen molar-refractivity contribution in [1.29, 1.82) is 0 Å². The van der Waals surface area contributed by atoms with Crippen molar-refractivity contribution in [3.05, 3.63) is 34.3 Å². The minimum atomic E-state index is 0.344. The zero-order valence-electron chi connectivity index (χ0n) is 8.42. The monoisotopic (exact) mass is 254 g/mol. The first kappa shape index (κ1) is 10.2. The van der Waals surface area contributed by atoms with E-state index in [2.05, 4.69) is 47.1 Å². The molecule has 0 bridgehead atoms. The maximum absolute atomic E-state index is 5.53. The van der Waals surface area contributed by atoms with Crippen LogP contribution in [0.4, 0.5) is 0 Å². The smallest absolute Gasteiger partial charge is 0.0562 e. The van der Waals surface area contributed by atoms with Crippen LogP contribution in [0, 0.1) is 0 Å². The molecule has 0 saturated heterocycles. The summed E-state index contributed by atoms with van der Waals surface area (Å²) in [5.74, 6) is 0. The second-order valence-electron chi connectivity index (χ2n) is 3.92. The lowest BCUT2D eigenvalue weighted by atomic mass is 9.97. The second kappa shape index (κ2) is 4.03. The molecule has 1 aromatic rings. The zero-order valence-corrected chi connectivity index (χ0v) is 10.0. The van der Waals surface area contributed by atoms with Gasteiger partial charge in [-0.1, -0.05) is 28.1 Å². The van der Waals surface area contributed by atoms with E-state index in [9.17, 15) is 0 Å². The van der Waals surface area contributed by atoms with Crippen LogP contribution in [0.3, 0.4) is 0 Å². The number of benzene rings is 1. The molecule has 1 aliphatic rings. The molecule has 0 N–H and O–H groups in total. The van der Waals surface area contributed by atoms with Gasteiger partial charge in [0.05, 0.1) is 6.61 Å². The predicted molar refractivity (Wildman–Crippen MR) is 61.5 cm³/mol. The molecular formula is C12H15BrO. The van der Waals surface area contributed by atoms with E-state index in [1.807, 2.05) is 0 Å². The van der Waals surface area contributed by atoms with Gasteiger partial charge >= 0.3 is 0 Å². The third-order valence-electron chi connectivity index (χ3n) is 2.89. The van der Waals surface area contributed by atoms with Gasteiger partial charge < -0.3 is 4.74 Å². The Morgan fingerprint density at radius 2 is 1.93 bits per heavy atom. The lowest BCUT2D eigenvalue weighted by Crippen LogP contribution is -2.15. The molecule has 0 aromatic heterocycles. The number of hydrogen-bond acceptors (Lipinski definition) is 1. The van der Waals surface area contributed by atoms with E-state index in [4.69, 9.17) is 4.74 Å². The van der Waals surface area contributed by atoms with E-state index in [0.29, 0.717) is 5.41 Å². The van der Waals surface area contributed by atoms with Crippen molar-refractivity contribution in [3.63, 3.8) is 0 Å². The van der Waals surface area contributed by atoms with Crippen molar-refractivity contribution in [2.24, 2.45) is 0 Å². The Balaban J connectivity index is 2.10. The molecule has 1 nitrogen and oxygen atoms in total. The Morgan fingerprint density at radius 3 is 2.43 bits per heavy atom. The average molecular weight is 255 g/mol. The largest absolute Gasteiger partial charge is 0.381 e. The van der Waals surface area contributed by atoms with Crippen LogP contribution in [0.2, 0.25) is 0 Å². The first-order valence-corrected chi connectivity index (χ1v) is 5.90. The van der Waals surface area contributed by atoms with E-state index in [1.165, 1.54) is 18.4 Å². The molecule has 0 amide bonds. The van der Waals surface area contributed by atoms with Gasteiger partial charge in [-0.15, -0.1) is 0 Å². The SMILES string of the molecule is CCOCC1(c2ccc(Br)cc2)CC1. The van der Waals surface area contributed by atoms with Gasteiger partial charge in [0.15, 0.2) is 0 Å². The number of hydrogen-bond donors (Lipinski definition) is 0. The van der Waals surface area contributed by atoms with Gasteiger partial charge in [-0.2, -0.15) is 0 Å². The predicted octanol–water partition coefficient (Wildman–Crippen LogP) is 3.52. The Morgan fingerprint density at radius 1 is 1.29 bits per heavy atom. The second-order valence-corrected chi connectivity index (χ2v) is 4.84. The molecule has 1 fully saturated rings. The maximum Gasteiger partial charge on any atom is 0.0562 e. The van der Waals surface area contributed by atoms with E-state index < -0.39 is 0 Å².